The number of nitrogens with one attached hydrogen (secondary N) is 1. The maximum atomic E-state index is 11.4. The van der Waals surface area contributed by atoms with Crippen LogP contribution in [0.3, 0.4) is 0 Å². The lowest BCUT2D eigenvalue weighted by Crippen LogP contribution is -2.53. The number of aliphatic hydroxyl groups excluding tert-OH is 2. The molecule has 3 saturated carbocycles. The van der Waals surface area contributed by atoms with E-state index in [-0.39, 0.29) is 41.9 Å². The maximum absolute atomic E-state index is 11.4. The van der Waals surface area contributed by atoms with Crippen LogP contribution in [0.2, 0.25) is 0 Å². The van der Waals surface area contributed by atoms with E-state index >= 15 is 0 Å². The van der Waals surface area contributed by atoms with Gasteiger partial charge >= 0.3 is 0 Å². The molecule has 7 unspecified atom stereocenters. The second-order valence-corrected chi connectivity index (χ2v) is 9.71. The maximum Gasteiger partial charge on any atom is 0.217 e. The Labute approximate surface area is 158 Å². The fraction of sp³-hybridized carbons (Fsp3) is 0.864. The highest BCUT2D eigenvalue weighted by molar-refractivity contribution is 5.73. The van der Waals surface area contributed by atoms with E-state index < -0.39 is 0 Å². The molecular formula is C22H37NO3. The number of aliphatic hydroxyl groups is 2. The fourth-order valence-electron chi connectivity index (χ4n) is 6.88. The molecule has 0 spiro atoms. The minimum atomic E-state index is 0.0152. The summed E-state index contributed by atoms with van der Waals surface area (Å²) in [5.41, 5.74) is 1.59. The van der Waals surface area contributed by atoms with Crippen molar-refractivity contribution in [2.45, 2.75) is 71.8 Å². The number of hydrogen-bond donors (Lipinski definition) is 3. The Hall–Kier alpha value is -0.870. The van der Waals surface area contributed by atoms with Crippen LogP contribution in [0.4, 0.5) is 0 Å². The summed E-state index contributed by atoms with van der Waals surface area (Å²) in [4.78, 5) is 11.4. The third-order valence-electron chi connectivity index (χ3n) is 8.61. The Morgan fingerprint density at radius 1 is 1.15 bits per heavy atom. The van der Waals surface area contributed by atoms with Gasteiger partial charge in [0, 0.05) is 26.2 Å². The first-order valence-electron chi connectivity index (χ1n) is 10.4. The third kappa shape index (κ3) is 3.13. The van der Waals surface area contributed by atoms with Gasteiger partial charge in [-0.15, -0.1) is 0 Å². The monoisotopic (exact) mass is 363 g/mol. The van der Waals surface area contributed by atoms with Gasteiger partial charge in [-0.05, 0) is 79.4 Å². The van der Waals surface area contributed by atoms with Crippen LogP contribution < -0.4 is 5.32 Å². The molecule has 0 saturated heterocycles. The lowest BCUT2D eigenvalue weighted by Gasteiger charge is -2.56. The van der Waals surface area contributed by atoms with Gasteiger partial charge in [0.05, 0.1) is 0 Å². The van der Waals surface area contributed by atoms with E-state index in [2.05, 4.69) is 25.7 Å². The van der Waals surface area contributed by atoms with Gasteiger partial charge in [0.2, 0.25) is 5.91 Å². The summed E-state index contributed by atoms with van der Waals surface area (Å²) < 4.78 is 0. The SMILES string of the molecule is C=C1CCC2C(CO)C(C3(C)CCC(NC(C)=O)CC3CO)CCC12C. The highest BCUT2D eigenvalue weighted by atomic mass is 16.3. The third-order valence-corrected chi connectivity index (χ3v) is 8.61. The minimum absolute atomic E-state index is 0.0152. The van der Waals surface area contributed by atoms with Crippen molar-refractivity contribution in [2.75, 3.05) is 13.2 Å². The molecule has 4 nitrogen and oxygen atoms in total. The number of hydrogen-bond acceptors (Lipinski definition) is 3. The van der Waals surface area contributed by atoms with E-state index in [1.54, 1.807) is 6.92 Å². The highest BCUT2D eigenvalue weighted by Crippen LogP contribution is 2.63. The molecule has 7 atom stereocenters. The summed E-state index contributed by atoms with van der Waals surface area (Å²) in [6.07, 6.45) is 7.32. The van der Waals surface area contributed by atoms with Crippen molar-refractivity contribution < 1.29 is 15.0 Å². The van der Waals surface area contributed by atoms with Crippen LogP contribution in [0, 0.1) is 34.5 Å². The molecule has 3 fully saturated rings. The van der Waals surface area contributed by atoms with Gasteiger partial charge in [0.15, 0.2) is 0 Å². The average molecular weight is 364 g/mol. The molecule has 148 valence electrons. The first kappa shape index (κ1) is 19.9. The molecule has 0 radical (unpaired) electrons. The Morgan fingerprint density at radius 2 is 1.88 bits per heavy atom. The summed E-state index contributed by atoms with van der Waals surface area (Å²) in [6, 6.07) is 0.172. The number of carbonyl (C=O) groups is 1. The molecule has 3 rings (SSSR count). The van der Waals surface area contributed by atoms with Crippen molar-refractivity contribution in [3.05, 3.63) is 12.2 Å². The van der Waals surface area contributed by atoms with E-state index in [0.717, 1.165) is 44.9 Å². The quantitative estimate of drug-likeness (QED) is 0.671. The smallest absolute Gasteiger partial charge is 0.217 e. The summed E-state index contributed by atoms with van der Waals surface area (Å²) >= 11 is 0. The predicted molar refractivity (Wildman–Crippen MR) is 103 cm³/mol. The zero-order chi connectivity index (χ0) is 19.1. The molecule has 4 heteroatoms. The van der Waals surface area contributed by atoms with E-state index in [0.29, 0.717) is 17.8 Å². The first-order chi connectivity index (χ1) is 12.3. The van der Waals surface area contributed by atoms with E-state index in [4.69, 9.17) is 0 Å². The number of fused-ring (bicyclic) bond motifs is 1. The molecule has 0 heterocycles. The van der Waals surface area contributed by atoms with Gasteiger partial charge in [-0.1, -0.05) is 26.0 Å². The van der Waals surface area contributed by atoms with Crippen molar-refractivity contribution in [1.29, 1.82) is 0 Å². The lowest BCUT2D eigenvalue weighted by molar-refractivity contribution is -0.122. The predicted octanol–water partition coefficient (Wildman–Crippen LogP) is 3.28. The number of allylic oxidation sites excluding steroid dienone is 1. The van der Waals surface area contributed by atoms with E-state index in [1.807, 2.05) is 0 Å². The van der Waals surface area contributed by atoms with Crippen molar-refractivity contribution in [3.8, 4) is 0 Å². The first-order valence-corrected chi connectivity index (χ1v) is 10.4. The van der Waals surface area contributed by atoms with Crippen molar-refractivity contribution in [3.63, 3.8) is 0 Å². The van der Waals surface area contributed by atoms with Gasteiger partial charge in [-0.25, -0.2) is 0 Å². The van der Waals surface area contributed by atoms with Crippen molar-refractivity contribution in [1.82, 2.24) is 5.32 Å². The van der Waals surface area contributed by atoms with Crippen LogP contribution in [0.25, 0.3) is 0 Å². The van der Waals surface area contributed by atoms with Crippen LogP contribution in [0.5, 0.6) is 0 Å². The largest absolute Gasteiger partial charge is 0.396 e. The molecule has 0 aromatic carbocycles. The highest BCUT2D eigenvalue weighted by Gasteiger charge is 2.56. The van der Waals surface area contributed by atoms with Crippen molar-refractivity contribution >= 4 is 5.91 Å². The summed E-state index contributed by atoms with van der Waals surface area (Å²) in [7, 11) is 0. The molecule has 0 aromatic heterocycles. The van der Waals surface area contributed by atoms with Gasteiger partial charge in [-0.2, -0.15) is 0 Å². The number of rotatable bonds is 4. The topological polar surface area (TPSA) is 69.6 Å². The summed E-state index contributed by atoms with van der Waals surface area (Å²) in [6.45, 7) is 11.0. The zero-order valence-electron chi connectivity index (χ0n) is 16.8. The van der Waals surface area contributed by atoms with Gasteiger partial charge in [0.1, 0.15) is 0 Å². The molecule has 3 N–H and O–H groups in total. The lowest BCUT2D eigenvalue weighted by atomic mass is 9.49. The van der Waals surface area contributed by atoms with Gasteiger partial charge in [0.25, 0.3) is 0 Å². The summed E-state index contributed by atoms with van der Waals surface area (Å²) in [5, 5.41) is 23.5. The van der Waals surface area contributed by atoms with Gasteiger partial charge < -0.3 is 15.5 Å². The fourth-order valence-corrected chi connectivity index (χ4v) is 6.88. The second kappa shape index (κ2) is 7.27. The normalized spacial score (nSPS) is 46.0. The molecule has 1 amide bonds. The summed E-state index contributed by atoms with van der Waals surface area (Å²) in [5.74, 6) is 1.45. The molecule has 3 aliphatic rings. The van der Waals surface area contributed by atoms with E-state index in [1.165, 1.54) is 5.57 Å². The molecule has 0 aromatic rings. The Bertz CT molecular complexity index is 562. The minimum Gasteiger partial charge on any atom is -0.396 e. The van der Waals surface area contributed by atoms with Crippen molar-refractivity contribution in [2.24, 2.45) is 34.5 Å². The molecule has 0 aliphatic heterocycles. The Kier molecular flexibility index (Phi) is 5.56. The van der Waals surface area contributed by atoms with Crippen LogP contribution in [-0.2, 0) is 4.79 Å². The molecule has 3 aliphatic carbocycles. The molecule has 26 heavy (non-hydrogen) atoms. The van der Waals surface area contributed by atoms with E-state index in [9.17, 15) is 15.0 Å². The van der Waals surface area contributed by atoms with Crippen LogP contribution in [0.15, 0.2) is 12.2 Å². The average Bonchev–Trinajstić information content (AvgIpc) is 2.90. The Balaban J connectivity index is 1.82. The molecular weight excluding hydrogens is 326 g/mol. The zero-order valence-corrected chi connectivity index (χ0v) is 16.8. The number of amides is 1. The number of carbonyl (C=O) groups excluding carboxylic acids is 1. The second-order valence-electron chi connectivity index (χ2n) is 9.71. The Morgan fingerprint density at radius 3 is 2.50 bits per heavy atom. The van der Waals surface area contributed by atoms with Crippen LogP contribution in [0.1, 0.15) is 65.7 Å². The van der Waals surface area contributed by atoms with Crippen LogP contribution in [-0.4, -0.2) is 35.4 Å². The standard InChI is InChI=1S/C22H37NO3/c1-14-5-6-19-18(13-25)20(8-10-21(14,19)3)22(4)9-7-17(23-15(2)26)11-16(22)12-24/h16-20,24-25H,1,5-13H2,2-4H3,(H,23,26). The van der Waals surface area contributed by atoms with Gasteiger partial charge in [-0.3, -0.25) is 4.79 Å². The molecule has 0 bridgehead atoms. The van der Waals surface area contributed by atoms with Crippen LogP contribution >= 0.6 is 0 Å².